The van der Waals surface area contributed by atoms with Gasteiger partial charge in [0.2, 0.25) is 0 Å². The molecule has 15 heavy (non-hydrogen) atoms. The maximum absolute atomic E-state index is 9.23. The zero-order chi connectivity index (χ0) is 10.5. The lowest BCUT2D eigenvalue weighted by Gasteiger charge is -2.20. The second kappa shape index (κ2) is 2.84. The summed E-state index contributed by atoms with van der Waals surface area (Å²) in [6.07, 6.45) is 0.934. The van der Waals surface area contributed by atoms with Gasteiger partial charge in [0.1, 0.15) is 0 Å². The van der Waals surface area contributed by atoms with Gasteiger partial charge >= 0.3 is 0 Å². The van der Waals surface area contributed by atoms with Crippen molar-refractivity contribution in [2.24, 2.45) is 0 Å². The van der Waals surface area contributed by atoms with Crippen LogP contribution < -0.4 is 5.48 Å². The third-order valence-corrected chi connectivity index (χ3v) is 3.46. The number of nitrogens with zero attached hydrogens (tertiary/aromatic N) is 1. The van der Waals surface area contributed by atoms with Crippen molar-refractivity contribution in [3.05, 3.63) is 36.0 Å². The van der Waals surface area contributed by atoms with Gasteiger partial charge in [0.25, 0.3) is 0 Å². The fraction of sp³-hybridized carbons (Fsp3) is 0.333. The van der Waals surface area contributed by atoms with Crippen LogP contribution in [0, 0.1) is 0 Å². The maximum atomic E-state index is 9.23. The predicted molar refractivity (Wildman–Crippen MR) is 58.8 cm³/mol. The fourth-order valence-electron chi connectivity index (χ4n) is 2.49. The number of benzene rings is 1. The van der Waals surface area contributed by atoms with E-state index in [4.69, 9.17) is 0 Å². The van der Waals surface area contributed by atoms with Crippen LogP contribution in [0.15, 0.2) is 30.3 Å². The molecule has 3 rings (SSSR count). The number of aryl methyl sites for hydroxylation is 1. The molecule has 78 valence electrons. The lowest BCUT2D eigenvalue weighted by molar-refractivity contribution is 0.0706. The van der Waals surface area contributed by atoms with Crippen molar-refractivity contribution in [1.82, 2.24) is 10.0 Å². The highest BCUT2D eigenvalue weighted by Gasteiger charge is 2.35. The minimum absolute atomic E-state index is 0.293. The van der Waals surface area contributed by atoms with E-state index >= 15 is 0 Å². The summed E-state index contributed by atoms with van der Waals surface area (Å²) in [5, 5.41) is 10.5. The summed E-state index contributed by atoms with van der Waals surface area (Å²) in [4.78, 5) is 0. The number of rotatable bonds is 1. The molecule has 1 atom stereocenters. The Morgan fingerprint density at radius 1 is 1.40 bits per heavy atom. The Morgan fingerprint density at radius 2 is 2.20 bits per heavy atom. The number of para-hydroxylation sites is 1. The third kappa shape index (κ3) is 1.07. The monoisotopic (exact) mass is 202 g/mol. The van der Waals surface area contributed by atoms with Crippen LogP contribution in [0.4, 0.5) is 0 Å². The van der Waals surface area contributed by atoms with Gasteiger partial charge in [-0.1, -0.05) is 18.2 Å². The van der Waals surface area contributed by atoms with Crippen LogP contribution in [0.3, 0.4) is 0 Å². The second-order valence-corrected chi connectivity index (χ2v) is 4.43. The number of aromatic nitrogens is 1. The summed E-state index contributed by atoms with van der Waals surface area (Å²) in [6, 6.07) is 10.5. The van der Waals surface area contributed by atoms with Gasteiger partial charge in [-0.15, -0.1) is 0 Å². The van der Waals surface area contributed by atoms with E-state index in [1.54, 1.807) is 0 Å². The van der Waals surface area contributed by atoms with Crippen LogP contribution in [0.2, 0.25) is 0 Å². The summed E-state index contributed by atoms with van der Waals surface area (Å²) in [7, 11) is 0. The number of nitrogens with one attached hydrogen (secondary N) is 1. The molecule has 2 N–H and O–H groups in total. The first-order valence-corrected chi connectivity index (χ1v) is 5.25. The minimum atomic E-state index is -0.293. The van der Waals surface area contributed by atoms with E-state index in [1.807, 2.05) is 13.0 Å². The molecule has 0 fully saturated rings. The normalized spacial score (nSPS) is 24.7. The molecule has 3 nitrogen and oxygen atoms in total. The summed E-state index contributed by atoms with van der Waals surface area (Å²) < 4.78 is 2.28. The smallest absolute Gasteiger partial charge is 0.0818 e. The number of hydrogen-bond acceptors (Lipinski definition) is 2. The first-order valence-electron chi connectivity index (χ1n) is 5.25. The highest BCUT2D eigenvalue weighted by molar-refractivity contribution is 5.82. The molecule has 0 radical (unpaired) electrons. The Bertz CT molecular complexity index is 517. The van der Waals surface area contributed by atoms with Crippen molar-refractivity contribution >= 4 is 10.9 Å². The first kappa shape index (κ1) is 8.95. The molecular formula is C12H14N2O. The highest BCUT2D eigenvalue weighted by Crippen LogP contribution is 2.36. The van der Waals surface area contributed by atoms with E-state index in [9.17, 15) is 5.21 Å². The van der Waals surface area contributed by atoms with Crippen molar-refractivity contribution in [3.63, 3.8) is 0 Å². The standard InChI is InChI=1S/C12H14N2O/c1-12(13-15)6-7-14-10-5-3-2-4-9(10)8-11(12)14/h2-5,8,13,15H,6-7H2,1H3. The van der Waals surface area contributed by atoms with Crippen LogP contribution in [0.1, 0.15) is 19.0 Å². The van der Waals surface area contributed by atoms with Gasteiger partial charge in [0.05, 0.1) is 5.54 Å². The van der Waals surface area contributed by atoms with Gasteiger partial charge in [0, 0.05) is 17.8 Å². The molecule has 0 saturated carbocycles. The van der Waals surface area contributed by atoms with Gasteiger partial charge in [-0.05, 0) is 30.9 Å². The molecular weight excluding hydrogens is 188 g/mol. The average molecular weight is 202 g/mol. The van der Waals surface area contributed by atoms with Gasteiger partial charge < -0.3 is 9.77 Å². The summed E-state index contributed by atoms with van der Waals surface area (Å²) >= 11 is 0. The molecule has 1 aromatic heterocycles. The molecule has 0 aliphatic carbocycles. The van der Waals surface area contributed by atoms with Crippen molar-refractivity contribution in [1.29, 1.82) is 0 Å². The van der Waals surface area contributed by atoms with Crippen molar-refractivity contribution < 1.29 is 5.21 Å². The molecule has 3 heteroatoms. The topological polar surface area (TPSA) is 37.2 Å². The Hall–Kier alpha value is -1.32. The Labute approximate surface area is 88.3 Å². The lowest BCUT2D eigenvalue weighted by Crippen LogP contribution is -2.34. The number of hydrogen-bond donors (Lipinski definition) is 2. The van der Waals surface area contributed by atoms with Crippen molar-refractivity contribution in [2.45, 2.75) is 25.4 Å². The first-order chi connectivity index (χ1) is 7.24. The molecule has 2 heterocycles. The Balaban J connectivity index is 2.30. The molecule has 1 unspecified atom stereocenters. The van der Waals surface area contributed by atoms with E-state index in [1.165, 1.54) is 16.6 Å². The zero-order valence-electron chi connectivity index (χ0n) is 8.70. The van der Waals surface area contributed by atoms with E-state index in [0.717, 1.165) is 13.0 Å². The third-order valence-electron chi connectivity index (χ3n) is 3.46. The molecule has 1 aliphatic heterocycles. The lowest BCUT2D eigenvalue weighted by atomic mass is 9.98. The molecule has 0 bridgehead atoms. The summed E-state index contributed by atoms with van der Waals surface area (Å²) in [6.45, 7) is 3.00. The molecule has 0 spiro atoms. The van der Waals surface area contributed by atoms with Gasteiger partial charge in [0.15, 0.2) is 0 Å². The molecule has 0 saturated heterocycles. The average Bonchev–Trinajstić information content (AvgIpc) is 2.78. The van der Waals surface area contributed by atoms with Crippen LogP contribution >= 0.6 is 0 Å². The molecule has 1 aliphatic rings. The van der Waals surface area contributed by atoms with Crippen molar-refractivity contribution in [2.75, 3.05) is 0 Å². The van der Waals surface area contributed by atoms with E-state index in [0.29, 0.717) is 0 Å². The van der Waals surface area contributed by atoms with Gasteiger partial charge in [-0.3, -0.25) is 0 Å². The molecule has 2 aromatic rings. The van der Waals surface area contributed by atoms with Gasteiger partial charge in [-0.25, -0.2) is 0 Å². The molecule has 0 amide bonds. The van der Waals surface area contributed by atoms with E-state index < -0.39 is 0 Å². The van der Waals surface area contributed by atoms with Gasteiger partial charge in [-0.2, -0.15) is 5.48 Å². The largest absolute Gasteiger partial charge is 0.343 e. The van der Waals surface area contributed by atoms with Crippen molar-refractivity contribution in [3.8, 4) is 0 Å². The molecule has 1 aromatic carbocycles. The van der Waals surface area contributed by atoms with Crippen LogP contribution in [0.25, 0.3) is 10.9 Å². The minimum Gasteiger partial charge on any atom is -0.343 e. The van der Waals surface area contributed by atoms with Crippen LogP contribution in [0.5, 0.6) is 0 Å². The SMILES string of the molecule is CC1(NO)CCn2c1cc1ccccc12. The Kier molecular flexibility index (Phi) is 1.69. The fourth-order valence-corrected chi connectivity index (χ4v) is 2.49. The number of fused-ring (bicyclic) bond motifs is 3. The van der Waals surface area contributed by atoms with Crippen LogP contribution in [-0.4, -0.2) is 9.77 Å². The summed E-state index contributed by atoms with van der Waals surface area (Å²) in [5.74, 6) is 0. The van der Waals surface area contributed by atoms with Crippen LogP contribution in [-0.2, 0) is 12.1 Å². The number of hydroxylamine groups is 1. The summed E-state index contributed by atoms with van der Waals surface area (Å²) in [5.41, 5.74) is 4.57. The Morgan fingerprint density at radius 3 is 3.00 bits per heavy atom. The van der Waals surface area contributed by atoms with E-state index in [-0.39, 0.29) is 5.54 Å². The second-order valence-electron chi connectivity index (χ2n) is 4.43. The maximum Gasteiger partial charge on any atom is 0.0818 e. The quantitative estimate of drug-likeness (QED) is 0.696. The zero-order valence-corrected chi connectivity index (χ0v) is 8.70. The highest BCUT2D eigenvalue weighted by atomic mass is 16.5. The van der Waals surface area contributed by atoms with E-state index in [2.05, 4.69) is 34.3 Å². The predicted octanol–water partition coefficient (Wildman–Crippen LogP) is 2.24.